The van der Waals surface area contributed by atoms with Crippen LogP contribution in [0.1, 0.15) is 31.7 Å². The Morgan fingerprint density at radius 3 is 2.67 bits per heavy atom. The van der Waals surface area contributed by atoms with Crippen molar-refractivity contribution in [2.24, 2.45) is 7.05 Å². The van der Waals surface area contributed by atoms with Crippen molar-refractivity contribution >= 4 is 15.9 Å². The van der Waals surface area contributed by atoms with E-state index in [1.807, 2.05) is 18.8 Å². The predicted molar refractivity (Wildman–Crippen MR) is 77.9 cm³/mol. The van der Waals surface area contributed by atoms with Gasteiger partial charge in [-0.15, -0.1) is 0 Å². The fourth-order valence-electron chi connectivity index (χ4n) is 1.89. The van der Waals surface area contributed by atoms with Crippen molar-refractivity contribution in [2.45, 2.75) is 39.2 Å². The van der Waals surface area contributed by atoms with Gasteiger partial charge in [0.1, 0.15) is 0 Å². The minimum Gasteiger partial charge on any atom is -0.380 e. The molecule has 1 heterocycles. The lowest BCUT2D eigenvalue weighted by molar-refractivity contribution is 0.113. The summed E-state index contributed by atoms with van der Waals surface area (Å²) in [5.41, 5.74) is 2.35. The molecule has 1 N–H and O–H groups in total. The van der Waals surface area contributed by atoms with E-state index < -0.39 is 0 Å². The summed E-state index contributed by atoms with van der Waals surface area (Å²) in [5.74, 6) is 0. The first kappa shape index (κ1) is 15.7. The van der Waals surface area contributed by atoms with Crippen molar-refractivity contribution in [3.05, 3.63) is 15.9 Å². The molecular formula is C13H24BrN3O. The molecule has 0 fully saturated rings. The number of rotatable bonds is 8. The molecule has 0 amide bonds. The van der Waals surface area contributed by atoms with Crippen molar-refractivity contribution in [2.75, 3.05) is 20.3 Å². The molecule has 5 heteroatoms. The molecule has 1 aromatic heterocycles. The first-order valence-corrected chi connectivity index (χ1v) is 7.38. The second-order valence-corrected chi connectivity index (χ2v) is 5.24. The molecule has 0 aliphatic rings. The molecule has 0 aromatic carbocycles. The fraction of sp³-hybridized carbons (Fsp3) is 0.769. The third-order valence-corrected chi connectivity index (χ3v) is 3.93. The molecule has 0 aliphatic carbocycles. The summed E-state index contributed by atoms with van der Waals surface area (Å²) < 4.78 is 8.72. The number of likely N-dealkylation sites (N-methyl/N-ethyl adjacent to an activating group) is 1. The Morgan fingerprint density at radius 1 is 1.44 bits per heavy atom. The Labute approximate surface area is 118 Å². The SMILES string of the molecule is CCCOCC(Cc1c(Br)c(CC)nn1C)NC. The standard InChI is InChI=1S/C13H24BrN3O/c1-5-7-18-9-10(15-3)8-12-13(14)11(6-2)16-17(12)4/h10,15H,5-9H2,1-4H3. The van der Waals surface area contributed by atoms with Crippen LogP contribution in [0.15, 0.2) is 4.47 Å². The number of hydrogen-bond donors (Lipinski definition) is 1. The molecule has 18 heavy (non-hydrogen) atoms. The smallest absolute Gasteiger partial charge is 0.0766 e. The largest absolute Gasteiger partial charge is 0.380 e. The van der Waals surface area contributed by atoms with E-state index >= 15 is 0 Å². The minimum absolute atomic E-state index is 0.327. The van der Waals surface area contributed by atoms with Crippen LogP contribution in [0.25, 0.3) is 0 Å². The third kappa shape index (κ3) is 4.07. The van der Waals surface area contributed by atoms with Gasteiger partial charge in [0.05, 0.1) is 22.5 Å². The van der Waals surface area contributed by atoms with Crippen LogP contribution < -0.4 is 5.32 Å². The van der Waals surface area contributed by atoms with Gasteiger partial charge in [0.2, 0.25) is 0 Å². The maximum absolute atomic E-state index is 5.61. The molecule has 1 rings (SSSR count). The van der Waals surface area contributed by atoms with Gasteiger partial charge >= 0.3 is 0 Å². The zero-order valence-electron chi connectivity index (χ0n) is 11.8. The van der Waals surface area contributed by atoms with Crippen LogP contribution in [0, 0.1) is 0 Å². The monoisotopic (exact) mass is 317 g/mol. The zero-order valence-corrected chi connectivity index (χ0v) is 13.4. The molecule has 0 spiro atoms. The van der Waals surface area contributed by atoms with E-state index in [1.54, 1.807) is 0 Å². The molecule has 0 saturated carbocycles. The Hall–Kier alpha value is -0.390. The first-order chi connectivity index (χ1) is 8.63. The average Bonchev–Trinajstić information content (AvgIpc) is 2.64. The minimum atomic E-state index is 0.327. The predicted octanol–water partition coefficient (Wildman–Crippen LogP) is 2.30. The zero-order chi connectivity index (χ0) is 13.5. The number of aryl methyl sites for hydroxylation is 2. The van der Waals surface area contributed by atoms with Crippen molar-refractivity contribution in [3.8, 4) is 0 Å². The van der Waals surface area contributed by atoms with Gasteiger partial charge in [-0.1, -0.05) is 13.8 Å². The van der Waals surface area contributed by atoms with E-state index in [0.29, 0.717) is 6.04 Å². The van der Waals surface area contributed by atoms with Crippen LogP contribution >= 0.6 is 15.9 Å². The molecule has 4 nitrogen and oxygen atoms in total. The molecular weight excluding hydrogens is 294 g/mol. The highest BCUT2D eigenvalue weighted by Crippen LogP contribution is 2.22. The third-order valence-electron chi connectivity index (χ3n) is 3.02. The molecule has 1 aromatic rings. The highest BCUT2D eigenvalue weighted by Gasteiger charge is 2.16. The molecule has 0 radical (unpaired) electrons. The van der Waals surface area contributed by atoms with E-state index in [4.69, 9.17) is 4.74 Å². The molecule has 0 aliphatic heterocycles. The Bertz CT molecular complexity index is 365. The quantitative estimate of drug-likeness (QED) is 0.748. The van der Waals surface area contributed by atoms with Crippen molar-refractivity contribution < 1.29 is 4.74 Å². The van der Waals surface area contributed by atoms with Gasteiger partial charge in [0.15, 0.2) is 0 Å². The normalized spacial score (nSPS) is 12.9. The average molecular weight is 318 g/mol. The molecule has 1 atom stereocenters. The highest BCUT2D eigenvalue weighted by atomic mass is 79.9. The summed E-state index contributed by atoms with van der Waals surface area (Å²) >= 11 is 3.65. The Morgan fingerprint density at radius 2 is 2.17 bits per heavy atom. The van der Waals surface area contributed by atoms with Crippen LogP contribution in [0.5, 0.6) is 0 Å². The maximum atomic E-state index is 5.61. The summed E-state index contributed by atoms with van der Waals surface area (Å²) in [6, 6.07) is 0.327. The summed E-state index contributed by atoms with van der Waals surface area (Å²) in [6.45, 7) is 5.81. The van der Waals surface area contributed by atoms with Crippen molar-refractivity contribution in [1.29, 1.82) is 0 Å². The maximum Gasteiger partial charge on any atom is 0.0766 e. The second-order valence-electron chi connectivity index (χ2n) is 4.45. The number of aromatic nitrogens is 2. The Kier molecular flexibility index (Phi) is 6.89. The lowest BCUT2D eigenvalue weighted by atomic mass is 10.1. The lowest BCUT2D eigenvalue weighted by Crippen LogP contribution is -2.33. The lowest BCUT2D eigenvalue weighted by Gasteiger charge is -2.16. The van der Waals surface area contributed by atoms with E-state index in [9.17, 15) is 0 Å². The molecule has 0 saturated heterocycles. The van der Waals surface area contributed by atoms with Gasteiger partial charge in [0.25, 0.3) is 0 Å². The molecule has 1 unspecified atom stereocenters. The number of nitrogens with one attached hydrogen (secondary N) is 1. The molecule has 0 bridgehead atoms. The number of nitrogens with zero attached hydrogens (tertiary/aromatic N) is 2. The number of halogens is 1. The summed E-state index contributed by atoms with van der Waals surface area (Å²) in [4.78, 5) is 0. The van der Waals surface area contributed by atoms with E-state index in [1.165, 1.54) is 5.69 Å². The number of hydrogen-bond acceptors (Lipinski definition) is 3. The van der Waals surface area contributed by atoms with Crippen molar-refractivity contribution in [1.82, 2.24) is 15.1 Å². The van der Waals surface area contributed by atoms with Crippen LogP contribution in [-0.2, 0) is 24.6 Å². The van der Waals surface area contributed by atoms with Crippen molar-refractivity contribution in [3.63, 3.8) is 0 Å². The van der Waals surface area contributed by atoms with Crippen LogP contribution in [0.4, 0.5) is 0 Å². The van der Waals surface area contributed by atoms with Gasteiger partial charge in [-0.2, -0.15) is 5.10 Å². The summed E-state index contributed by atoms with van der Waals surface area (Å²) in [6.07, 6.45) is 2.93. The van der Waals surface area contributed by atoms with Gasteiger partial charge < -0.3 is 10.1 Å². The van der Waals surface area contributed by atoms with Gasteiger partial charge in [-0.05, 0) is 35.8 Å². The topological polar surface area (TPSA) is 39.1 Å². The van der Waals surface area contributed by atoms with Crippen LogP contribution in [0.3, 0.4) is 0 Å². The Balaban J connectivity index is 2.66. The van der Waals surface area contributed by atoms with Gasteiger partial charge in [0, 0.05) is 26.1 Å². The van der Waals surface area contributed by atoms with Crippen LogP contribution in [0.2, 0.25) is 0 Å². The van der Waals surface area contributed by atoms with Gasteiger partial charge in [-0.3, -0.25) is 4.68 Å². The van der Waals surface area contributed by atoms with E-state index in [2.05, 4.69) is 40.2 Å². The summed E-state index contributed by atoms with van der Waals surface area (Å²) in [5, 5.41) is 7.82. The number of ether oxygens (including phenoxy) is 1. The highest BCUT2D eigenvalue weighted by molar-refractivity contribution is 9.10. The first-order valence-electron chi connectivity index (χ1n) is 6.59. The second kappa shape index (κ2) is 7.92. The van der Waals surface area contributed by atoms with E-state index in [-0.39, 0.29) is 0 Å². The van der Waals surface area contributed by atoms with E-state index in [0.717, 1.165) is 42.6 Å². The van der Waals surface area contributed by atoms with Crippen LogP contribution in [-0.4, -0.2) is 36.1 Å². The molecule has 104 valence electrons. The fourth-order valence-corrected chi connectivity index (χ4v) is 2.67. The summed E-state index contributed by atoms with van der Waals surface area (Å²) in [7, 11) is 3.98. The van der Waals surface area contributed by atoms with Gasteiger partial charge in [-0.25, -0.2) is 0 Å².